The van der Waals surface area contributed by atoms with E-state index in [2.05, 4.69) is 15.5 Å². The van der Waals surface area contributed by atoms with Gasteiger partial charge < -0.3 is 32.4 Å². The molecule has 0 aliphatic heterocycles. The molecule has 0 saturated carbocycles. The van der Waals surface area contributed by atoms with Gasteiger partial charge in [-0.15, -0.1) is 5.10 Å². The van der Waals surface area contributed by atoms with E-state index in [4.69, 9.17) is 12.6 Å². The standard InChI is InChI=1S/C9H6N4O4S.Au.3Cs/c14-7(15)4-1-5(8(16)17)3-6(2-4)13-9(18)10-11-12-13;;;;/h1-3H,(H,14,15)(H,16,17)(H,10,12,18);;;;/q;+1;;2*+1/p-3. The Bertz CT molecular complexity index is 625. The molecule has 22 heavy (non-hydrogen) atoms. The van der Waals surface area contributed by atoms with Crippen LogP contribution in [0.15, 0.2) is 23.4 Å². The van der Waals surface area contributed by atoms with E-state index in [1.165, 1.54) is 0 Å². The number of nitrogens with zero attached hydrogens (tertiary/aromatic N) is 4. The van der Waals surface area contributed by atoms with Gasteiger partial charge in [-0.05, 0) is 39.8 Å². The monoisotopic (exact) mass is 859 g/mol. The maximum atomic E-state index is 10.8. The summed E-state index contributed by atoms with van der Waals surface area (Å²) in [6.45, 7) is 0. The van der Waals surface area contributed by atoms with Gasteiger partial charge in [0.15, 0.2) is 0 Å². The summed E-state index contributed by atoms with van der Waals surface area (Å²) in [5.41, 5.74) is -0.570. The summed E-state index contributed by atoms with van der Waals surface area (Å²) >= 11 is 4.79. The van der Waals surface area contributed by atoms with Gasteiger partial charge in [-0.2, -0.15) is 0 Å². The summed E-state index contributed by atoms with van der Waals surface area (Å²) in [5.74, 6) is -3.06. The number of carboxylic acid groups (broad SMARTS) is 2. The van der Waals surface area contributed by atoms with Gasteiger partial charge in [0.2, 0.25) is 0 Å². The van der Waals surface area contributed by atoms with Crippen LogP contribution in [0, 0.1) is 0 Å². The van der Waals surface area contributed by atoms with E-state index >= 15 is 0 Å². The van der Waals surface area contributed by atoms with E-state index in [1.807, 2.05) is 0 Å². The van der Waals surface area contributed by atoms with Gasteiger partial charge in [-0.25, -0.2) is 4.68 Å². The second-order valence-electron chi connectivity index (χ2n) is 3.22. The van der Waals surface area contributed by atoms with Crippen LogP contribution in [0.4, 0.5) is 0 Å². The van der Waals surface area contributed by atoms with E-state index in [9.17, 15) is 19.8 Å². The number of carboxylic acids is 2. The number of carbonyl (C=O) groups excluding carboxylic acids is 2. The Hall–Kier alpha value is 4.35. The predicted octanol–water partition coefficient (Wildman–Crippen LogP) is -9.08. The largest absolute Gasteiger partial charge is 1.00 e. The van der Waals surface area contributed by atoms with Crippen molar-refractivity contribution in [1.82, 2.24) is 20.2 Å². The van der Waals surface area contributed by atoms with Crippen molar-refractivity contribution in [3.63, 3.8) is 0 Å². The number of tetrazole rings is 1. The summed E-state index contributed by atoms with van der Waals surface area (Å²) in [5, 5.41) is 31.7. The molecule has 0 atom stereocenters. The van der Waals surface area contributed by atoms with Crippen LogP contribution in [0.3, 0.4) is 0 Å². The molecule has 0 spiro atoms. The molecule has 1 heterocycles. The van der Waals surface area contributed by atoms with Crippen LogP contribution in [0.1, 0.15) is 20.7 Å². The SMILES string of the molecule is O=C([O-])c1cc(C(=O)[O-])cc(-n2nnnc2[S-])c1.[Au+].[Cs+].[Cs+].[Cs]. The molecule has 0 aliphatic carbocycles. The first-order valence-electron chi connectivity index (χ1n) is 4.52. The van der Waals surface area contributed by atoms with Crippen molar-refractivity contribution in [2.75, 3.05) is 0 Å². The molecule has 103 valence electrons. The van der Waals surface area contributed by atoms with Crippen molar-refractivity contribution < 1.29 is 180 Å². The van der Waals surface area contributed by atoms with Gasteiger partial charge in [0.25, 0.3) is 0 Å². The molecule has 0 saturated heterocycles. The normalized spacial score (nSPS) is 8.36. The fourth-order valence-corrected chi connectivity index (χ4v) is 1.49. The number of aromatic nitrogens is 4. The maximum Gasteiger partial charge on any atom is 1.00 e. The van der Waals surface area contributed by atoms with E-state index in [-0.39, 0.29) is 251 Å². The molecule has 1 radical (unpaired) electrons. The molecule has 2 aromatic rings. The van der Waals surface area contributed by atoms with Crippen molar-refractivity contribution >= 4 is 93.5 Å². The van der Waals surface area contributed by atoms with Crippen LogP contribution in [0.25, 0.3) is 5.69 Å². The van der Waals surface area contributed by atoms with Gasteiger partial charge in [0.05, 0.1) is 17.6 Å². The number of aromatic carboxylic acids is 2. The topological polar surface area (TPSA) is 124 Å². The van der Waals surface area contributed by atoms with Crippen molar-refractivity contribution in [1.29, 1.82) is 0 Å². The average molecular weight is 859 g/mol. The molecule has 0 bridgehead atoms. The van der Waals surface area contributed by atoms with E-state index < -0.39 is 11.9 Å². The molecule has 0 aliphatic rings. The maximum absolute atomic E-state index is 10.8. The van der Waals surface area contributed by atoms with Crippen LogP contribution >= 0.6 is 0 Å². The smallest absolute Gasteiger partial charge is 0.738 e. The van der Waals surface area contributed by atoms with Gasteiger partial charge in [0.1, 0.15) is 0 Å². The summed E-state index contributed by atoms with van der Waals surface area (Å²) in [6, 6.07) is 3.21. The summed E-state index contributed by atoms with van der Waals surface area (Å²) < 4.78 is 1.02. The molecule has 2 rings (SSSR count). The summed E-state index contributed by atoms with van der Waals surface area (Å²) in [7, 11) is 0. The fourth-order valence-electron chi connectivity index (χ4n) is 1.31. The number of carbonyl (C=O) groups is 2. The van der Waals surface area contributed by atoms with Gasteiger partial charge in [0, 0.05) is 74.1 Å². The Kier molecular flexibility index (Phi) is 21.6. The first-order valence-corrected chi connectivity index (χ1v) is 4.93. The minimum Gasteiger partial charge on any atom is -0.738 e. The quantitative estimate of drug-likeness (QED) is 0.221. The number of benzene rings is 1. The number of hydrogen-bond donors (Lipinski definition) is 0. The Morgan fingerprint density at radius 3 is 1.82 bits per heavy atom. The molecule has 1 aromatic carbocycles. The van der Waals surface area contributed by atoms with E-state index in [1.54, 1.807) is 0 Å². The molecule has 13 heteroatoms. The third-order valence-electron chi connectivity index (χ3n) is 2.07. The zero-order valence-corrected chi connectivity index (χ0v) is 33.7. The van der Waals surface area contributed by atoms with Gasteiger partial charge in [-0.1, -0.05) is 0 Å². The summed E-state index contributed by atoms with van der Waals surface area (Å²) in [6.07, 6.45) is 0. The zero-order valence-electron chi connectivity index (χ0n) is 11.9. The van der Waals surface area contributed by atoms with Crippen LogP contribution in [0.2, 0.25) is 0 Å². The van der Waals surface area contributed by atoms with Crippen molar-refractivity contribution in [2.45, 2.75) is 5.16 Å². The minimum atomic E-state index is -1.53. The first kappa shape index (κ1) is 31.1. The Morgan fingerprint density at radius 1 is 1.05 bits per heavy atom. The number of rotatable bonds is 3. The second kappa shape index (κ2) is 15.3. The van der Waals surface area contributed by atoms with Crippen molar-refractivity contribution in [3.8, 4) is 5.69 Å². The summed E-state index contributed by atoms with van der Waals surface area (Å²) in [4.78, 5) is 21.5. The van der Waals surface area contributed by atoms with Gasteiger partial charge >= 0.3 is 160 Å². The van der Waals surface area contributed by atoms with Crippen molar-refractivity contribution in [2.24, 2.45) is 0 Å². The van der Waals surface area contributed by atoms with Crippen LogP contribution in [0.5, 0.6) is 0 Å². The van der Waals surface area contributed by atoms with E-state index in [0.717, 1.165) is 22.9 Å². The molecule has 0 N–H and O–H groups in total. The molecule has 0 fully saturated rings. The predicted molar refractivity (Wildman–Crippen MR) is 59.2 cm³/mol. The molecule has 0 unspecified atom stereocenters. The average Bonchev–Trinajstić information content (AvgIpc) is 2.74. The van der Waals surface area contributed by atoms with Crippen LogP contribution in [-0.2, 0) is 35.0 Å². The second-order valence-corrected chi connectivity index (χ2v) is 3.58. The van der Waals surface area contributed by atoms with Crippen molar-refractivity contribution in [3.05, 3.63) is 29.3 Å². The van der Waals surface area contributed by atoms with Crippen LogP contribution < -0.4 is 148 Å². The number of hydrogen-bond acceptors (Lipinski definition) is 8. The third kappa shape index (κ3) is 9.02. The molecule has 8 nitrogen and oxygen atoms in total. The Labute approximate surface area is 323 Å². The molecular weight excluding hydrogens is 856 g/mol. The Morgan fingerprint density at radius 2 is 1.50 bits per heavy atom. The van der Waals surface area contributed by atoms with Gasteiger partial charge in [-0.3, -0.25) is 0 Å². The fraction of sp³-hybridized carbons (Fsp3) is 0. The minimum absolute atomic E-state index is 0. The Balaban J connectivity index is -0.000000902. The third-order valence-corrected chi connectivity index (χ3v) is 2.33. The zero-order chi connectivity index (χ0) is 13.3. The van der Waals surface area contributed by atoms with E-state index in [0.29, 0.717) is 0 Å². The molecule has 1 aromatic heterocycles. The molecule has 0 amide bonds. The van der Waals surface area contributed by atoms with Crippen LogP contribution in [-0.4, -0.2) is 101 Å². The molecular formula is C9H3AuCs3N4O4S. The first-order chi connectivity index (χ1) is 8.49.